The Hall–Kier alpha value is -2.68. The van der Waals surface area contributed by atoms with Crippen LogP contribution in [-0.4, -0.2) is 27.6 Å². The van der Waals surface area contributed by atoms with Crippen LogP contribution in [0, 0.1) is 18.3 Å². The highest BCUT2D eigenvalue weighted by molar-refractivity contribution is 5.89. The predicted octanol–water partition coefficient (Wildman–Crippen LogP) is 1.62. The van der Waals surface area contributed by atoms with E-state index in [4.69, 9.17) is 10.00 Å². The van der Waals surface area contributed by atoms with Crippen LogP contribution in [0.3, 0.4) is 0 Å². The van der Waals surface area contributed by atoms with Gasteiger partial charge in [-0.05, 0) is 38.1 Å². The van der Waals surface area contributed by atoms with Gasteiger partial charge in [0, 0.05) is 0 Å². The number of hydrogen-bond acceptors (Lipinski definition) is 5. The predicted molar refractivity (Wildman–Crippen MR) is 66.8 cm³/mol. The summed E-state index contributed by atoms with van der Waals surface area (Å²) < 4.78 is 6.45. The number of nitrogens with zero attached hydrogens (tertiary/aromatic N) is 4. The molecule has 0 fully saturated rings. The molecule has 0 atom stereocenters. The molecule has 0 N–H and O–H groups in total. The van der Waals surface area contributed by atoms with Crippen molar-refractivity contribution in [2.45, 2.75) is 13.8 Å². The van der Waals surface area contributed by atoms with E-state index in [0.717, 1.165) is 5.69 Å². The van der Waals surface area contributed by atoms with Gasteiger partial charge in [0.1, 0.15) is 6.07 Å². The number of hydrogen-bond donors (Lipinski definition) is 0. The number of ether oxygens (including phenoxy) is 1. The van der Waals surface area contributed by atoms with Crippen molar-refractivity contribution in [1.29, 1.82) is 5.26 Å². The highest BCUT2D eigenvalue weighted by Crippen LogP contribution is 2.13. The monoisotopic (exact) mass is 256 g/mol. The lowest BCUT2D eigenvalue weighted by Gasteiger charge is -2.05. The summed E-state index contributed by atoms with van der Waals surface area (Å²) in [4.78, 5) is 11.5. The van der Waals surface area contributed by atoms with E-state index in [1.807, 2.05) is 6.07 Å². The highest BCUT2D eigenvalue weighted by Gasteiger charge is 2.10. The molecule has 1 aromatic heterocycles. The summed E-state index contributed by atoms with van der Waals surface area (Å²) in [6.45, 7) is 3.86. The molecule has 96 valence electrons. The second-order valence-electron chi connectivity index (χ2n) is 3.81. The molecule has 1 aromatic carbocycles. The highest BCUT2D eigenvalue weighted by atomic mass is 16.5. The van der Waals surface area contributed by atoms with Crippen LogP contribution in [0.4, 0.5) is 0 Å². The minimum absolute atomic E-state index is 0.287. The van der Waals surface area contributed by atoms with Crippen LogP contribution in [0.25, 0.3) is 5.69 Å². The Morgan fingerprint density at radius 2 is 2.11 bits per heavy atom. The molecule has 0 aliphatic rings. The number of rotatable bonds is 3. The summed E-state index contributed by atoms with van der Waals surface area (Å²) in [5.41, 5.74) is 2.16. The molecule has 2 aromatic rings. The van der Waals surface area contributed by atoms with Crippen molar-refractivity contribution in [1.82, 2.24) is 15.0 Å². The Morgan fingerprint density at radius 3 is 2.63 bits per heavy atom. The summed E-state index contributed by atoms with van der Waals surface area (Å²) in [5, 5.41) is 16.5. The van der Waals surface area contributed by atoms with E-state index in [1.54, 1.807) is 42.8 Å². The fraction of sp³-hybridized carbons (Fsp3) is 0.231. The normalized spacial score (nSPS) is 9.95. The lowest BCUT2D eigenvalue weighted by molar-refractivity contribution is 0.0526. The van der Waals surface area contributed by atoms with E-state index < -0.39 is 0 Å². The third-order valence-electron chi connectivity index (χ3n) is 2.62. The second-order valence-corrected chi connectivity index (χ2v) is 3.81. The van der Waals surface area contributed by atoms with Crippen LogP contribution in [0.15, 0.2) is 24.3 Å². The third kappa shape index (κ3) is 2.45. The van der Waals surface area contributed by atoms with Gasteiger partial charge in [-0.3, -0.25) is 0 Å². The topological polar surface area (TPSA) is 80.8 Å². The van der Waals surface area contributed by atoms with Crippen LogP contribution < -0.4 is 0 Å². The fourth-order valence-electron chi connectivity index (χ4n) is 1.63. The maximum atomic E-state index is 11.5. The molecule has 2 rings (SSSR count). The van der Waals surface area contributed by atoms with Crippen molar-refractivity contribution in [2.75, 3.05) is 6.61 Å². The lowest BCUT2D eigenvalue weighted by atomic mass is 10.2. The zero-order valence-electron chi connectivity index (χ0n) is 10.6. The van der Waals surface area contributed by atoms with E-state index in [-0.39, 0.29) is 11.7 Å². The maximum absolute atomic E-state index is 11.5. The summed E-state index contributed by atoms with van der Waals surface area (Å²) in [6.07, 6.45) is 0. The molecule has 0 aliphatic heterocycles. The number of carbonyl (C=O) groups excluding carboxylic acids is 1. The van der Waals surface area contributed by atoms with Gasteiger partial charge < -0.3 is 4.74 Å². The minimum atomic E-state index is -0.359. The number of benzene rings is 1. The molecule has 0 amide bonds. The molecular formula is C13H12N4O2. The van der Waals surface area contributed by atoms with Crippen LogP contribution in [0.2, 0.25) is 0 Å². The van der Waals surface area contributed by atoms with Gasteiger partial charge >= 0.3 is 5.97 Å². The van der Waals surface area contributed by atoms with Gasteiger partial charge in [-0.2, -0.15) is 5.26 Å². The molecule has 0 radical (unpaired) electrons. The smallest absolute Gasteiger partial charge is 0.338 e. The maximum Gasteiger partial charge on any atom is 0.338 e. The van der Waals surface area contributed by atoms with Crippen LogP contribution >= 0.6 is 0 Å². The average molecular weight is 256 g/mol. The Kier molecular flexibility index (Phi) is 3.57. The van der Waals surface area contributed by atoms with Gasteiger partial charge in [0.15, 0.2) is 5.69 Å². The molecule has 0 aliphatic carbocycles. The molecule has 0 bridgehead atoms. The fourth-order valence-corrected chi connectivity index (χ4v) is 1.63. The van der Waals surface area contributed by atoms with E-state index in [1.165, 1.54) is 0 Å². The Balaban J connectivity index is 2.30. The standard InChI is InChI=1S/C13H12N4O2/c1-3-19-13(18)10-4-6-11(7-5-10)17-9(2)12(8-14)15-16-17/h4-7H,3H2,1-2H3. The number of carbonyl (C=O) groups is 1. The van der Waals surface area contributed by atoms with Gasteiger partial charge in [-0.25, -0.2) is 9.48 Å². The first-order chi connectivity index (χ1) is 9.17. The van der Waals surface area contributed by atoms with Gasteiger partial charge in [-0.1, -0.05) is 5.21 Å². The van der Waals surface area contributed by atoms with Crippen molar-refractivity contribution in [3.8, 4) is 11.8 Å². The first kappa shape index (κ1) is 12.8. The minimum Gasteiger partial charge on any atom is -0.462 e. The average Bonchev–Trinajstić information content (AvgIpc) is 2.80. The molecule has 0 unspecified atom stereocenters. The number of esters is 1. The lowest BCUT2D eigenvalue weighted by Crippen LogP contribution is -2.05. The molecule has 6 nitrogen and oxygen atoms in total. The van der Waals surface area contributed by atoms with Crippen molar-refractivity contribution in [3.05, 3.63) is 41.2 Å². The van der Waals surface area contributed by atoms with Crippen LogP contribution in [0.5, 0.6) is 0 Å². The SMILES string of the molecule is CCOC(=O)c1ccc(-n2nnc(C#N)c2C)cc1. The van der Waals surface area contributed by atoms with E-state index >= 15 is 0 Å². The molecule has 1 heterocycles. The Morgan fingerprint density at radius 1 is 1.42 bits per heavy atom. The van der Waals surface area contributed by atoms with Gasteiger partial charge in [-0.15, -0.1) is 5.10 Å². The Bertz CT molecular complexity index is 638. The van der Waals surface area contributed by atoms with E-state index in [2.05, 4.69) is 10.3 Å². The van der Waals surface area contributed by atoms with E-state index in [0.29, 0.717) is 17.9 Å². The first-order valence-corrected chi connectivity index (χ1v) is 5.77. The molecule has 19 heavy (non-hydrogen) atoms. The van der Waals surface area contributed by atoms with Gasteiger partial charge in [0.25, 0.3) is 0 Å². The van der Waals surface area contributed by atoms with Crippen molar-refractivity contribution >= 4 is 5.97 Å². The Labute approximate surface area is 110 Å². The van der Waals surface area contributed by atoms with Crippen molar-refractivity contribution < 1.29 is 9.53 Å². The third-order valence-corrected chi connectivity index (χ3v) is 2.62. The number of aromatic nitrogens is 3. The van der Waals surface area contributed by atoms with Gasteiger partial charge in [0.05, 0.1) is 23.6 Å². The summed E-state index contributed by atoms with van der Waals surface area (Å²) >= 11 is 0. The molecule has 0 spiro atoms. The van der Waals surface area contributed by atoms with Crippen molar-refractivity contribution in [3.63, 3.8) is 0 Å². The quantitative estimate of drug-likeness (QED) is 0.779. The van der Waals surface area contributed by atoms with E-state index in [9.17, 15) is 4.79 Å². The number of nitriles is 1. The van der Waals surface area contributed by atoms with Crippen LogP contribution in [-0.2, 0) is 4.74 Å². The molecule has 0 saturated heterocycles. The van der Waals surface area contributed by atoms with Crippen LogP contribution in [0.1, 0.15) is 28.7 Å². The van der Waals surface area contributed by atoms with Crippen molar-refractivity contribution in [2.24, 2.45) is 0 Å². The molecule has 6 heteroatoms. The summed E-state index contributed by atoms with van der Waals surface area (Å²) in [7, 11) is 0. The zero-order chi connectivity index (χ0) is 13.8. The summed E-state index contributed by atoms with van der Waals surface area (Å²) in [5.74, 6) is -0.359. The molecule has 0 saturated carbocycles. The second kappa shape index (κ2) is 5.31. The zero-order valence-corrected chi connectivity index (χ0v) is 10.6. The largest absolute Gasteiger partial charge is 0.462 e. The first-order valence-electron chi connectivity index (χ1n) is 5.77. The molecular weight excluding hydrogens is 244 g/mol. The summed E-state index contributed by atoms with van der Waals surface area (Å²) in [6, 6.07) is 8.73. The van der Waals surface area contributed by atoms with Gasteiger partial charge in [0.2, 0.25) is 0 Å².